The van der Waals surface area contributed by atoms with Crippen molar-refractivity contribution in [2.75, 3.05) is 5.32 Å². The smallest absolute Gasteiger partial charge is 0.322 e. The Morgan fingerprint density at radius 2 is 1.89 bits per heavy atom. The molecule has 44 heavy (non-hydrogen) atoms. The number of nitrogens with zero attached hydrogens (tertiary/aromatic N) is 4. The largest absolute Gasteiger partial charge is 0.416 e. The highest BCUT2D eigenvalue weighted by Gasteiger charge is 2.36. The SMILES string of the molecule is CCC1CC=C(C(F)(F)F)C=C(C(=O)Nc2ccc(F)cc2)C1=NCc1ccc(-c2cnc3n[nH]c(C(C)CC)c3c2)nc1. The van der Waals surface area contributed by atoms with E-state index in [2.05, 4.69) is 44.3 Å². The Labute approximate surface area is 252 Å². The topological polar surface area (TPSA) is 95.9 Å². The van der Waals surface area contributed by atoms with Gasteiger partial charge in [0.1, 0.15) is 5.82 Å². The number of aromatic nitrogens is 4. The minimum absolute atomic E-state index is 0.0767. The second kappa shape index (κ2) is 12.9. The van der Waals surface area contributed by atoms with Crippen molar-refractivity contribution in [2.45, 2.75) is 58.7 Å². The predicted molar refractivity (Wildman–Crippen MR) is 163 cm³/mol. The van der Waals surface area contributed by atoms with Crippen molar-refractivity contribution in [1.29, 1.82) is 0 Å². The number of aliphatic imine (C=N–C) groups is 1. The summed E-state index contributed by atoms with van der Waals surface area (Å²) in [7, 11) is 0. The number of benzene rings is 1. The number of pyridine rings is 2. The Balaban J connectivity index is 1.43. The lowest BCUT2D eigenvalue weighted by Crippen LogP contribution is -2.26. The van der Waals surface area contributed by atoms with Crippen LogP contribution in [0.25, 0.3) is 22.3 Å². The van der Waals surface area contributed by atoms with Crippen molar-refractivity contribution in [3.05, 3.63) is 95.2 Å². The summed E-state index contributed by atoms with van der Waals surface area (Å²) in [4.78, 5) is 27.1. The Bertz CT molecular complexity index is 1740. The molecule has 4 aromatic rings. The molecule has 1 aromatic carbocycles. The highest BCUT2D eigenvalue weighted by atomic mass is 19.4. The third kappa shape index (κ3) is 6.77. The van der Waals surface area contributed by atoms with Gasteiger partial charge in [-0.2, -0.15) is 18.3 Å². The van der Waals surface area contributed by atoms with E-state index in [1.54, 1.807) is 12.4 Å². The molecule has 5 rings (SSSR count). The maximum Gasteiger partial charge on any atom is 0.416 e. The van der Waals surface area contributed by atoms with Gasteiger partial charge in [-0.05, 0) is 73.2 Å². The number of hydrogen-bond donors (Lipinski definition) is 2. The highest BCUT2D eigenvalue weighted by molar-refractivity contribution is 6.26. The molecule has 1 aliphatic carbocycles. The first-order valence-electron chi connectivity index (χ1n) is 14.5. The average molecular weight is 605 g/mol. The van der Waals surface area contributed by atoms with E-state index < -0.39 is 29.4 Å². The van der Waals surface area contributed by atoms with E-state index in [1.807, 2.05) is 25.1 Å². The van der Waals surface area contributed by atoms with Crippen LogP contribution in [-0.4, -0.2) is 38.0 Å². The van der Waals surface area contributed by atoms with Crippen molar-refractivity contribution < 1.29 is 22.4 Å². The van der Waals surface area contributed by atoms with Crippen LogP contribution in [0.4, 0.5) is 23.2 Å². The van der Waals surface area contributed by atoms with Crippen molar-refractivity contribution in [3.8, 4) is 11.3 Å². The molecule has 1 aliphatic rings. The number of carbonyl (C=O) groups excluding carboxylic acids is 1. The molecule has 3 aromatic heterocycles. The Kier molecular flexibility index (Phi) is 9.03. The van der Waals surface area contributed by atoms with Gasteiger partial charge >= 0.3 is 6.18 Å². The molecule has 0 fully saturated rings. The lowest BCUT2D eigenvalue weighted by atomic mass is 9.92. The zero-order chi connectivity index (χ0) is 31.4. The Morgan fingerprint density at radius 1 is 1.11 bits per heavy atom. The number of carbonyl (C=O) groups is 1. The highest BCUT2D eigenvalue weighted by Crippen LogP contribution is 2.34. The van der Waals surface area contributed by atoms with E-state index in [4.69, 9.17) is 0 Å². The van der Waals surface area contributed by atoms with Crippen molar-refractivity contribution in [3.63, 3.8) is 0 Å². The molecule has 0 aliphatic heterocycles. The number of nitrogens with one attached hydrogen (secondary N) is 2. The number of alkyl halides is 3. The molecule has 0 saturated carbocycles. The van der Waals surface area contributed by atoms with Crippen LogP contribution < -0.4 is 5.32 Å². The molecule has 0 radical (unpaired) electrons. The summed E-state index contributed by atoms with van der Waals surface area (Å²) >= 11 is 0. The van der Waals surface area contributed by atoms with Gasteiger partial charge in [0.25, 0.3) is 5.91 Å². The second-order valence-electron chi connectivity index (χ2n) is 10.8. The zero-order valence-corrected chi connectivity index (χ0v) is 24.5. The second-order valence-corrected chi connectivity index (χ2v) is 10.8. The lowest BCUT2D eigenvalue weighted by Gasteiger charge is -2.18. The summed E-state index contributed by atoms with van der Waals surface area (Å²) in [5.41, 5.74) is 3.36. The summed E-state index contributed by atoms with van der Waals surface area (Å²) in [6, 6.07) is 10.7. The standard InChI is InChI=1S/C33H32F4N6O/c1-4-19(3)29-26-14-22(18-40-31(26)43-42-29)28-13-6-20(16-38-28)17-39-30-21(5-2)7-8-23(33(35,36)37)15-27(30)32(44)41-25-11-9-24(34)10-12-25/h6,8-16,18-19,21H,4-5,7,17H2,1-3H3,(H,41,44)(H,40,42,43). The van der Waals surface area contributed by atoms with Gasteiger partial charge in [-0.1, -0.05) is 32.9 Å². The fourth-order valence-electron chi connectivity index (χ4n) is 5.08. The number of amides is 1. The number of allylic oxidation sites excluding steroid dienone is 3. The molecule has 7 nitrogen and oxygen atoms in total. The number of rotatable bonds is 8. The quantitative estimate of drug-likeness (QED) is 0.199. The van der Waals surface area contributed by atoms with Gasteiger partial charge in [0.2, 0.25) is 0 Å². The maximum atomic E-state index is 13.8. The van der Waals surface area contributed by atoms with Crippen molar-refractivity contribution >= 4 is 28.3 Å². The van der Waals surface area contributed by atoms with Crippen LogP contribution in [0.2, 0.25) is 0 Å². The zero-order valence-electron chi connectivity index (χ0n) is 24.5. The van der Waals surface area contributed by atoms with E-state index in [1.165, 1.54) is 12.1 Å². The predicted octanol–water partition coefficient (Wildman–Crippen LogP) is 8.10. The van der Waals surface area contributed by atoms with E-state index in [9.17, 15) is 22.4 Å². The molecular formula is C33H32F4N6O. The van der Waals surface area contributed by atoms with Crippen LogP contribution in [0.5, 0.6) is 0 Å². The van der Waals surface area contributed by atoms with Gasteiger partial charge in [-0.3, -0.25) is 19.9 Å². The number of halogens is 4. The number of anilines is 1. The molecule has 228 valence electrons. The summed E-state index contributed by atoms with van der Waals surface area (Å²) in [6.07, 6.45) is 2.19. The first-order valence-corrected chi connectivity index (χ1v) is 14.5. The molecule has 0 saturated heterocycles. The van der Waals surface area contributed by atoms with Crippen LogP contribution in [0.3, 0.4) is 0 Å². The molecule has 0 bridgehead atoms. The molecule has 2 unspecified atom stereocenters. The van der Waals surface area contributed by atoms with Crippen LogP contribution in [0.1, 0.15) is 57.2 Å². The fourth-order valence-corrected chi connectivity index (χ4v) is 5.08. The number of H-pyrrole nitrogens is 1. The number of aromatic amines is 1. The molecule has 11 heteroatoms. The van der Waals surface area contributed by atoms with Crippen LogP contribution in [-0.2, 0) is 11.3 Å². The van der Waals surface area contributed by atoms with Crippen LogP contribution in [0.15, 0.2) is 83.1 Å². The molecule has 1 amide bonds. The minimum Gasteiger partial charge on any atom is -0.322 e. The summed E-state index contributed by atoms with van der Waals surface area (Å²) in [6.45, 7) is 6.19. The Morgan fingerprint density at radius 3 is 2.55 bits per heavy atom. The maximum absolute atomic E-state index is 13.8. The minimum atomic E-state index is -4.64. The van der Waals surface area contributed by atoms with Crippen LogP contribution >= 0.6 is 0 Å². The first-order chi connectivity index (χ1) is 21.1. The molecule has 2 atom stereocenters. The lowest BCUT2D eigenvalue weighted by molar-refractivity contribution is -0.112. The van der Waals surface area contributed by atoms with E-state index in [0.717, 1.165) is 52.9 Å². The van der Waals surface area contributed by atoms with Gasteiger partial charge in [-0.15, -0.1) is 0 Å². The van der Waals surface area contributed by atoms with Gasteiger partial charge < -0.3 is 5.32 Å². The van der Waals surface area contributed by atoms with Gasteiger partial charge in [0, 0.05) is 40.6 Å². The van der Waals surface area contributed by atoms with Crippen molar-refractivity contribution in [1.82, 2.24) is 20.2 Å². The van der Waals surface area contributed by atoms with Gasteiger partial charge in [-0.25, -0.2) is 9.37 Å². The van der Waals surface area contributed by atoms with Crippen LogP contribution in [0, 0.1) is 11.7 Å². The molecule has 0 spiro atoms. The van der Waals surface area contributed by atoms with Crippen molar-refractivity contribution in [2.24, 2.45) is 10.9 Å². The molecule has 3 heterocycles. The third-order valence-electron chi connectivity index (χ3n) is 7.85. The Hall–Kier alpha value is -4.67. The molecule has 2 N–H and O–H groups in total. The normalized spacial score (nSPS) is 17.2. The first kappa shape index (κ1) is 30.8. The van der Waals surface area contributed by atoms with Gasteiger partial charge in [0.05, 0.1) is 29.1 Å². The van der Waals surface area contributed by atoms with E-state index >= 15 is 0 Å². The average Bonchev–Trinajstić information content (AvgIpc) is 3.34. The number of fused-ring (bicyclic) bond motifs is 1. The number of hydrogen-bond acceptors (Lipinski definition) is 5. The monoisotopic (exact) mass is 604 g/mol. The van der Waals surface area contributed by atoms with E-state index in [-0.39, 0.29) is 29.9 Å². The molecular weight excluding hydrogens is 572 g/mol. The van der Waals surface area contributed by atoms with E-state index in [0.29, 0.717) is 23.7 Å². The summed E-state index contributed by atoms with van der Waals surface area (Å²) < 4.78 is 54.8. The summed E-state index contributed by atoms with van der Waals surface area (Å²) in [5, 5.41) is 10.9. The third-order valence-corrected chi connectivity index (χ3v) is 7.85. The van der Waals surface area contributed by atoms with Gasteiger partial charge in [0.15, 0.2) is 5.65 Å². The fraction of sp³-hybridized carbons (Fsp3) is 0.303. The summed E-state index contributed by atoms with van der Waals surface area (Å²) in [5.74, 6) is -1.37.